The molecule has 6 heteroatoms. The van der Waals surface area contributed by atoms with Crippen LogP contribution in [-0.4, -0.2) is 37.1 Å². The van der Waals surface area contributed by atoms with Crippen molar-refractivity contribution >= 4 is 16.9 Å². The minimum absolute atomic E-state index is 0.314. The van der Waals surface area contributed by atoms with E-state index in [1.54, 1.807) is 0 Å². The van der Waals surface area contributed by atoms with Gasteiger partial charge in [0.25, 0.3) is 0 Å². The first-order chi connectivity index (χ1) is 16.2. The molecule has 174 valence electrons. The van der Waals surface area contributed by atoms with E-state index in [0.717, 1.165) is 16.6 Å². The van der Waals surface area contributed by atoms with Crippen molar-refractivity contribution in [1.82, 2.24) is 4.57 Å². The molecule has 1 saturated heterocycles. The molecular weight excluding hydrogens is 416 g/mol. The fraction of sp³-hybridized carbons (Fsp3) is 0.444. The summed E-state index contributed by atoms with van der Waals surface area (Å²) in [6.45, 7) is 2.22. The van der Waals surface area contributed by atoms with Gasteiger partial charge in [-0.15, -0.1) is 0 Å². The summed E-state index contributed by atoms with van der Waals surface area (Å²) in [6.07, 6.45) is 5.80. The topological polar surface area (TPSA) is 75.7 Å². The fourth-order valence-electron chi connectivity index (χ4n) is 5.50. The molecule has 2 aromatic carbocycles. The van der Waals surface area contributed by atoms with Crippen LogP contribution in [0.25, 0.3) is 22.2 Å². The van der Waals surface area contributed by atoms with Crippen LogP contribution >= 0.6 is 0 Å². The quantitative estimate of drug-likeness (QED) is 0.539. The predicted molar refractivity (Wildman–Crippen MR) is 128 cm³/mol. The molecule has 2 N–H and O–H groups in total. The maximum absolute atomic E-state index is 12.4. The van der Waals surface area contributed by atoms with Crippen molar-refractivity contribution in [3.63, 3.8) is 0 Å². The summed E-state index contributed by atoms with van der Waals surface area (Å²) in [5, 5.41) is 1.19. The van der Waals surface area contributed by atoms with Crippen LogP contribution in [0.2, 0.25) is 0 Å². The molecular formula is C27H32N2O4. The Morgan fingerprint density at radius 1 is 1.09 bits per heavy atom. The van der Waals surface area contributed by atoms with Gasteiger partial charge < -0.3 is 24.5 Å². The molecule has 0 spiro atoms. The molecule has 0 atom stereocenters. The van der Waals surface area contributed by atoms with Gasteiger partial charge >= 0.3 is 5.97 Å². The highest BCUT2D eigenvalue weighted by molar-refractivity contribution is 5.99. The maximum atomic E-state index is 12.4. The molecule has 33 heavy (non-hydrogen) atoms. The van der Waals surface area contributed by atoms with Crippen LogP contribution in [0.3, 0.4) is 0 Å². The first kappa shape index (κ1) is 22.1. The predicted octanol–water partition coefficient (Wildman–Crippen LogP) is 4.97. The van der Waals surface area contributed by atoms with E-state index >= 15 is 0 Å². The van der Waals surface area contributed by atoms with Crippen LogP contribution in [0.1, 0.15) is 59.5 Å². The lowest BCUT2D eigenvalue weighted by Crippen LogP contribution is -2.18. The number of methoxy groups -OCH3 is 1. The summed E-state index contributed by atoms with van der Waals surface area (Å²) in [5.74, 6) is 0.138. The molecule has 0 unspecified atom stereocenters. The second kappa shape index (κ2) is 9.67. The number of benzene rings is 2. The largest absolute Gasteiger partial charge is 0.465 e. The van der Waals surface area contributed by atoms with Crippen molar-refractivity contribution in [3.05, 3.63) is 59.2 Å². The van der Waals surface area contributed by atoms with Crippen molar-refractivity contribution < 1.29 is 19.0 Å². The SMILES string of the molecule is COC(=O)c1ccc2c(C3CCCCC3)c(-c3ccccc3CN)n(CC3OCCO3)c2c1. The highest BCUT2D eigenvalue weighted by atomic mass is 16.7. The lowest BCUT2D eigenvalue weighted by Gasteiger charge is -2.25. The zero-order valence-corrected chi connectivity index (χ0v) is 19.2. The molecule has 2 aliphatic rings. The van der Waals surface area contributed by atoms with Crippen LogP contribution in [0.15, 0.2) is 42.5 Å². The number of carbonyl (C=O) groups is 1. The highest BCUT2D eigenvalue weighted by Crippen LogP contribution is 2.45. The van der Waals surface area contributed by atoms with Gasteiger partial charge in [0.2, 0.25) is 0 Å². The first-order valence-electron chi connectivity index (χ1n) is 12.0. The van der Waals surface area contributed by atoms with Crippen molar-refractivity contribution in [2.45, 2.75) is 57.4 Å². The highest BCUT2D eigenvalue weighted by Gasteiger charge is 2.29. The minimum Gasteiger partial charge on any atom is -0.465 e. The van der Waals surface area contributed by atoms with Gasteiger partial charge in [-0.1, -0.05) is 49.6 Å². The van der Waals surface area contributed by atoms with Gasteiger partial charge in [-0.25, -0.2) is 4.79 Å². The van der Waals surface area contributed by atoms with E-state index < -0.39 is 0 Å². The minimum atomic E-state index is -0.332. The van der Waals surface area contributed by atoms with Gasteiger partial charge in [-0.3, -0.25) is 0 Å². The molecule has 0 radical (unpaired) electrons. The van der Waals surface area contributed by atoms with E-state index in [1.807, 2.05) is 18.2 Å². The Balaban J connectivity index is 1.79. The number of hydrogen-bond donors (Lipinski definition) is 1. The number of hydrogen-bond acceptors (Lipinski definition) is 5. The second-order valence-electron chi connectivity index (χ2n) is 8.96. The van der Waals surface area contributed by atoms with Crippen LogP contribution in [-0.2, 0) is 27.3 Å². The smallest absolute Gasteiger partial charge is 0.337 e. The average Bonchev–Trinajstić information content (AvgIpc) is 3.50. The molecule has 5 rings (SSSR count). The average molecular weight is 449 g/mol. The molecule has 0 bridgehead atoms. The lowest BCUT2D eigenvalue weighted by molar-refractivity contribution is -0.0514. The number of aromatic nitrogens is 1. The number of carbonyl (C=O) groups excluding carboxylic acids is 1. The Morgan fingerprint density at radius 2 is 1.85 bits per heavy atom. The van der Waals surface area contributed by atoms with E-state index in [0.29, 0.717) is 37.8 Å². The van der Waals surface area contributed by atoms with E-state index in [4.69, 9.17) is 19.9 Å². The van der Waals surface area contributed by atoms with Crippen LogP contribution in [0.5, 0.6) is 0 Å². The van der Waals surface area contributed by atoms with Crippen molar-refractivity contribution in [3.8, 4) is 11.3 Å². The number of nitrogens with two attached hydrogens (primary N) is 1. The lowest BCUT2D eigenvalue weighted by atomic mass is 9.81. The summed E-state index contributed by atoms with van der Waals surface area (Å²) in [7, 11) is 1.42. The summed E-state index contributed by atoms with van der Waals surface area (Å²) in [6, 6.07) is 14.3. The second-order valence-corrected chi connectivity index (χ2v) is 8.96. The van der Waals surface area contributed by atoms with E-state index in [9.17, 15) is 4.79 Å². The number of esters is 1. The third-order valence-corrected chi connectivity index (χ3v) is 7.05. The van der Waals surface area contributed by atoms with Crippen molar-refractivity contribution in [1.29, 1.82) is 0 Å². The zero-order valence-electron chi connectivity index (χ0n) is 19.2. The Bertz CT molecular complexity index is 1140. The number of fused-ring (bicyclic) bond motifs is 1. The van der Waals surface area contributed by atoms with Gasteiger partial charge in [0, 0.05) is 23.0 Å². The van der Waals surface area contributed by atoms with Gasteiger partial charge in [0.15, 0.2) is 6.29 Å². The molecule has 1 aliphatic carbocycles. The van der Waals surface area contributed by atoms with Gasteiger partial charge in [-0.2, -0.15) is 0 Å². The Kier molecular flexibility index (Phi) is 6.49. The normalized spacial score (nSPS) is 17.6. The summed E-state index contributed by atoms with van der Waals surface area (Å²) >= 11 is 0. The number of nitrogens with zero attached hydrogens (tertiary/aromatic N) is 1. The summed E-state index contributed by atoms with van der Waals surface area (Å²) < 4.78 is 19.0. The Labute approximate surface area is 194 Å². The molecule has 1 saturated carbocycles. The van der Waals surface area contributed by atoms with Gasteiger partial charge in [0.1, 0.15) is 0 Å². The van der Waals surface area contributed by atoms with Gasteiger partial charge in [-0.05, 0) is 42.0 Å². The van der Waals surface area contributed by atoms with E-state index in [-0.39, 0.29) is 12.3 Å². The molecule has 6 nitrogen and oxygen atoms in total. The van der Waals surface area contributed by atoms with Crippen LogP contribution in [0, 0.1) is 0 Å². The van der Waals surface area contributed by atoms with E-state index in [1.165, 1.54) is 55.9 Å². The third kappa shape index (κ3) is 4.19. The molecule has 2 fully saturated rings. The van der Waals surface area contributed by atoms with Crippen molar-refractivity contribution in [2.24, 2.45) is 5.73 Å². The fourth-order valence-corrected chi connectivity index (χ4v) is 5.50. The van der Waals surface area contributed by atoms with Crippen LogP contribution < -0.4 is 5.73 Å². The molecule has 3 aromatic rings. The molecule has 2 heterocycles. The summed E-state index contributed by atoms with van der Waals surface area (Å²) in [4.78, 5) is 12.4. The zero-order chi connectivity index (χ0) is 22.8. The Morgan fingerprint density at radius 3 is 2.58 bits per heavy atom. The molecule has 1 aromatic heterocycles. The first-order valence-corrected chi connectivity index (χ1v) is 12.0. The standard InChI is InChI=1S/C27H32N2O4/c1-31-27(30)19-11-12-22-23(15-19)29(17-24-32-13-14-33-24)26(21-10-6-5-9-20(21)16-28)25(22)18-7-3-2-4-8-18/h5-6,9-12,15,18,24H,2-4,7-8,13-14,16-17,28H2,1H3. The molecule has 0 amide bonds. The van der Waals surface area contributed by atoms with Crippen molar-refractivity contribution in [2.75, 3.05) is 20.3 Å². The van der Waals surface area contributed by atoms with Crippen LogP contribution in [0.4, 0.5) is 0 Å². The summed E-state index contributed by atoms with van der Waals surface area (Å²) in [5.41, 5.74) is 12.5. The maximum Gasteiger partial charge on any atom is 0.337 e. The van der Waals surface area contributed by atoms with Gasteiger partial charge in [0.05, 0.1) is 38.1 Å². The monoisotopic (exact) mass is 448 g/mol. The van der Waals surface area contributed by atoms with E-state index in [2.05, 4.69) is 28.8 Å². The Hall–Kier alpha value is -2.67. The number of ether oxygens (including phenoxy) is 3. The third-order valence-electron chi connectivity index (χ3n) is 7.05. The molecule has 1 aliphatic heterocycles. The number of rotatable bonds is 6.